The summed E-state index contributed by atoms with van der Waals surface area (Å²) in [5.74, 6) is 1.88. The van der Waals surface area contributed by atoms with Crippen molar-refractivity contribution in [3.63, 3.8) is 0 Å². The highest BCUT2D eigenvalue weighted by molar-refractivity contribution is 5.45. The van der Waals surface area contributed by atoms with Gasteiger partial charge in [0.1, 0.15) is 11.5 Å². The molecule has 0 aromatic carbocycles. The van der Waals surface area contributed by atoms with Crippen LogP contribution in [0.4, 0.5) is 0 Å². The number of ether oxygens (including phenoxy) is 1. The van der Waals surface area contributed by atoms with Crippen molar-refractivity contribution in [2.24, 2.45) is 5.73 Å². The van der Waals surface area contributed by atoms with E-state index < -0.39 is 0 Å². The Labute approximate surface area is 116 Å². The normalized spacial score (nSPS) is 17.1. The molecule has 1 aliphatic carbocycles. The van der Waals surface area contributed by atoms with Crippen molar-refractivity contribution in [2.75, 3.05) is 13.2 Å². The molecule has 3 rings (SSSR count). The van der Waals surface area contributed by atoms with Crippen molar-refractivity contribution in [1.29, 1.82) is 0 Å². The standard InChI is InChI=1S/C13H19N5O2/c1-2-19-7-4-10-17-11(20-18-10)9-8-15-12(16-9)13(14)5-3-6-13/h8H,2-7,14H2,1H3,(H,15,16). The zero-order valence-corrected chi connectivity index (χ0v) is 11.6. The Morgan fingerprint density at radius 2 is 2.35 bits per heavy atom. The molecule has 20 heavy (non-hydrogen) atoms. The van der Waals surface area contributed by atoms with E-state index in [1.54, 1.807) is 6.20 Å². The molecule has 3 N–H and O–H groups in total. The summed E-state index contributed by atoms with van der Waals surface area (Å²) in [5, 5.41) is 3.92. The van der Waals surface area contributed by atoms with Crippen LogP contribution in [0, 0.1) is 0 Å². The molecule has 0 spiro atoms. The van der Waals surface area contributed by atoms with Crippen LogP contribution in [0.1, 0.15) is 37.8 Å². The van der Waals surface area contributed by atoms with Crippen LogP contribution in [-0.4, -0.2) is 33.3 Å². The van der Waals surface area contributed by atoms with Crippen LogP contribution in [0.25, 0.3) is 11.6 Å². The minimum atomic E-state index is -0.309. The van der Waals surface area contributed by atoms with Gasteiger partial charge < -0.3 is 20.0 Å². The first-order valence-electron chi connectivity index (χ1n) is 6.96. The maximum Gasteiger partial charge on any atom is 0.275 e. The lowest BCUT2D eigenvalue weighted by Crippen LogP contribution is -2.44. The van der Waals surface area contributed by atoms with E-state index in [0.29, 0.717) is 37.0 Å². The lowest BCUT2D eigenvalue weighted by atomic mass is 9.77. The van der Waals surface area contributed by atoms with Gasteiger partial charge in [0, 0.05) is 13.0 Å². The quantitative estimate of drug-likeness (QED) is 0.773. The van der Waals surface area contributed by atoms with E-state index in [9.17, 15) is 0 Å². The van der Waals surface area contributed by atoms with E-state index in [2.05, 4.69) is 20.1 Å². The minimum absolute atomic E-state index is 0.309. The summed E-state index contributed by atoms with van der Waals surface area (Å²) in [6.45, 7) is 3.24. The van der Waals surface area contributed by atoms with Crippen molar-refractivity contribution in [3.8, 4) is 11.6 Å². The van der Waals surface area contributed by atoms with Crippen LogP contribution in [0.15, 0.2) is 10.7 Å². The number of aromatic nitrogens is 4. The van der Waals surface area contributed by atoms with Crippen molar-refractivity contribution >= 4 is 0 Å². The number of rotatable bonds is 6. The maximum atomic E-state index is 6.22. The number of hydrogen-bond donors (Lipinski definition) is 2. The third kappa shape index (κ3) is 2.46. The van der Waals surface area contributed by atoms with Gasteiger partial charge in [0.2, 0.25) is 0 Å². The fraction of sp³-hybridized carbons (Fsp3) is 0.615. The molecule has 0 unspecified atom stereocenters. The monoisotopic (exact) mass is 277 g/mol. The minimum Gasteiger partial charge on any atom is -0.381 e. The van der Waals surface area contributed by atoms with Gasteiger partial charge in [-0.25, -0.2) is 4.98 Å². The second kappa shape index (κ2) is 5.34. The van der Waals surface area contributed by atoms with Crippen LogP contribution in [0.2, 0.25) is 0 Å². The molecule has 2 aromatic heterocycles. The van der Waals surface area contributed by atoms with E-state index in [1.807, 2.05) is 6.92 Å². The molecular formula is C13H19N5O2. The molecule has 1 aliphatic rings. The van der Waals surface area contributed by atoms with Gasteiger partial charge in [0.05, 0.1) is 18.3 Å². The summed E-state index contributed by atoms with van der Waals surface area (Å²) in [7, 11) is 0. The molecule has 7 nitrogen and oxygen atoms in total. The van der Waals surface area contributed by atoms with Crippen LogP contribution in [0.3, 0.4) is 0 Å². The highest BCUT2D eigenvalue weighted by atomic mass is 16.5. The first-order chi connectivity index (χ1) is 9.71. The molecule has 108 valence electrons. The Morgan fingerprint density at radius 1 is 1.50 bits per heavy atom. The zero-order valence-electron chi connectivity index (χ0n) is 11.6. The Kier molecular flexibility index (Phi) is 3.54. The van der Waals surface area contributed by atoms with E-state index in [4.69, 9.17) is 15.0 Å². The van der Waals surface area contributed by atoms with Crippen LogP contribution in [-0.2, 0) is 16.7 Å². The number of imidazole rings is 1. The van der Waals surface area contributed by atoms with Crippen molar-refractivity contribution in [1.82, 2.24) is 20.1 Å². The van der Waals surface area contributed by atoms with Crippen molar-refractivity contribution in [2.45, 2.75) is 38.1 Å². The van der Waals surface area contributed by atoms with Gasteiger partial charge in [-0.15, -0.1) is 0 Å². The predicted octanol–water partition coefficient (Wildman–Crippen LogP) is 1.38. The Bertz CT molecular complexity index is 573. The largest absolute Gasteiger partial charge is 0.381 e. The van der Waals surface area contributed by atoms with Gasteiger partial charge in [0.15, 0.2) is 5.82 Å². The highest BCUT2D eigenvalue weighted by Gasteiger charge is 2.37. The predicted molar refractivity (Wildman–Crippen MR) is 71.8 cm³/mol. The number of hydrogen-bond acceptors (Lipinski definition) is 6. The van der Waals surface area contributed by atoms with Crippen molar-refractivity contribution in [3.05, 3.63) is 17.8 Å². The molecule has 0 bridgehead atoms. The third-order valence-electron chi connectivity index (χ3n) is 3.67. The zero-order chi connectivity index (χ0) is 14.0. The van der Waals surface area contributed by atoms with Crippen LogP contribution >= 0.6 is 0 Å². The summed E-state index contributed by atoms with van der Waals surface area (Å²) < 4.78 is 10.5. The van der Waals surface area contributed by atoms with Gasteiger partial charge in [0.25, 0.3) is 5.89 Å². The van der Waals surface area contributed by atoms with E-state index in [0.717, 1.165) is 25.1 Å². The Balaban J connectivity index is 1.70. The lowest BCUT2D eigenvalue weighted by molar-refractivity contribution is 0.149. The molecular weight excluding hydrogens is 258 g/mol. The third-order valence-corrected chi connectivity index (χ3v) is 3.67. The molecule has 0 amide bonds. The van der Waals surface area contributed by atoms with Gasteiger partial charge in [-0.3, -0.25) is 0 Å². The number of H-pyrrole nitrogens is 1. The molecule has 2 aromatic rings. The van der Waals surface area contributed by atoms with E-state index in [1.165, 1.54) is 0 Å². The molecule has 0 radical (unpaired) electrons. The summed E-state index contributed by atoms with van der Waals surface area (Å²) in [6, 6.07) is 0. The van der Waals surface area contributed by atoms with Gasteiger partial charge in [-0.1, -0.05) is 5.16 Å². The van der Waals surface area contributed by atoms with E-state index >= 15 is 0 Å². The number of nitrogens with two attached hydrogens (primary N) is 1. The van der Waals surface area contributed by atoms with Crippen LogP contribution < -0.4 is 5.73 Å². The summed E-state index contributed by atoms with van der Waals surface area (Å²) in [6.07, 6.45) is 5.41. The number of nitrogens with one attached hydrogen (secondary N) is 1. The van der Waals surface area contributed by atoms with E-state index in [-0.39, 0.29) is 5.54 Å². The molecule has 1 fully saturated rings. The molecule has 2 heterocycles. The fourth-order valence-corrected chi connectivity index (χ4v) is 2.25. The van der Waals surface area contributed by atoms with Gasteiger partial charge >= 0.3 is 0 Å². The summed E-state index contributed by atoms with van der Waals surface area (Å²) in [5.41, 5.74) is 6.63. The molecule has 0 saturated heterocycles. The van der Waals surface area contributed by atoms with Crippen LogP contribution in [0.5, 0.6) is 0 Å². The summed E-state index contributed by atoms with van der Waals surface area (Å²) >= 11 is 0. The molecule has 1 saturated carbocycles. The second-order valence-electron chi connectivity index (χ2n) is 5.12. The SMILES string of the molecule is CCOCCc1noc(-c2cnc(C3(N)CCC3)[nH]2)n1. The van der Waals surface area contributed by atoms with Crippen molar-refractivity contribution < 1.29 is 9.26 Å². The first kappa shape index (κ1) is 13.3. The molecule has 0 aliphatic heterocycles. The number of aromatic amines is 1. The Hall–Kier alpha value is -1.73. The maximum absolute atomic E-state index is 6.22. The lowest BCUT2D eigenvalue weighted by Gasteiger charge is -2.35. The Morgan fingerprint density at radius 3 is 3.05 bits per heavy atom. The van der Waals surface area contributed by atoms with Gasteiger partial charge in [-0.2, -0.15) is 4.98 Å². The molecule has 0 atom stereocenters. The first-order valence-corrected chi connectivity index (χ1v) is 6.96. The smallest absolute Gasteiger partial charge is 0.275 e. The fourth-order valence-electron chi connectivity index (χ4n) is 2.25. The average Bonchev–Trinajstić information content (AvgIpc) is 3.05. The molecule has 7 heteroatoms. The highest BCUT2D eigenvalue weighted by Crippen LogP contribution is 2.37. The average molecular weight is 277 g/mol. The number of nitrogens with zero attached hydrogens (tertiary/aromatic N) is 3. The topological polar surface area (TPSA) is 103 Å². The summed E-state index contributed by atoms with van der Waals surface area (Å²) in [4.78, 5) is 11.8. The van der Waals surface area contributed by atoms with Gasteiger partial charge in [-0.05, 0) is 26.2 Å². The second-order valence-corrected chi connectivity index (χ2v) is 5.12.